The molecule has 1 N–H and O–H groups in total. The lowest BCUT2D eigenvalue weighted by Gasteiger charge is -2.27. The molecule has 0 aliphatic carbocycles. The molecule has 0 unspecified atom stereocenters. The smallest absolute Gasteiger partial charge is 0.315 e. The highest BCUT2D eigenvalue weighted by Gasteiger charge is 2.53. The Morgan fingerprint density at radius 3 is 1.76 bits per heavy atom. The molecule has 3 rings (SSSR count). The van der Waals surface area contributed by atoms with Gasteiger partial charge < -0.3 is 5.32 Å². The number of nitrogens with one attached hydrogen (secondary N) is 1. The van der Waals surface area contributed by atoms with Crippen LogP contribution in [0.3, 0.4) is 0 Å². The molecule has 1 heterocycles. The third-order valence-electron chi connectivity index (χ3n) is 3.64. The first-order valence-corrected chi connectivity index (χ1v) is 7.04. The SMILES string of the molecule is O=C1NC(c2ccccc2)(c2ccccc2)C(=O)N1CCl. The van der Waals surface area contributed by atoms with Crippen LogP contribution in [0.15, 0.2) is 60.7 Å². The average molecular weight is 301 g/mol. The highest BCUT2D eigenvalue weighted by atomic mass is 35.5. The minimum Gasteiger partial charge on any atom is -0.315 e. The van der Waals surface area contributed by atoms with Crippen molar-refractivity contribution in [3.8, 4) is 0 Å². The molecule has 2 aromatic carbocycles. The fraction of sp³-hybridized carbons (Fsp3) is 0.125. The zero-order valence-electron chi connectivity index (χ0n) is 11.1. The molecule has 1 aliphatic rings. The van der Waals surface area contributed by atoms with Crippen LogP contribution in [0.25, 0.3) is 0 Å². The van der Waals surface area contributed by atoms with Gasteiger partial charge in [-0.3, -0.25) is 4.79 Å². The topological polar surface area (TPSA) is 49.4 Å². The molecule has 4 nitrogen and oxygen atoms in total. The highest BCUT2D eigenvalue weighted by Crippen LogP contribution is 2.35. The number of carbonyl (C=O) groups is 2. The maximum Gasteiger partial charge on any atom is 0.326 e. The fourth-order valence-electron chi connectivity index (χ4n) is 2.62. The summed E-state index contributed by atoms with van der Waals surface area (Å²) in [6, 6.07) is 17.7. The Bertz CT molecular complexity index is 634. The number of urea groups is 1. The van der Waals surface area contributed by atoms with Gasteiger partial charge in [-0.2, -0.15) is 0 Å². The van der Waals surface area contributed by atoms with E-state index in [0.717, 1.165) is 4.90 Å². The number of hydrogen-bond acceptors (Lipinski definition) is 2. The van der Waals surface area contributed by atoms with Crippen molar-refractivity contribution in [2.24, 2.45) is 0 Å². The summed E-state index contributed by atoms with van der Waals surface area (Å²) in [6.07, 6.45) is 0. The summed E-state index contributed by atoms with van der Waals surface area (Å²) < 4.78 is 0. The van der Waals surface area contributed by atoms with Crippen molar-refractivity contribution in [2.75, 3.05) is 6.00 Å². The fourth-order valence-corrected chi connectivity index (χ4v) is 2.84. The van der Waals surface area contributed by atoms with E-state index in [-0.39, 0.29) is 11.9 Å². The predicted molar refractivity (Wildman–Crippen MR) is 79.8 cm³/mol. The second kappa shape index (κ2) is 5.22. The Morgan fingerprint density at radius 1 is 0.905 bits per heavy atom. The molecule has 1 saturated heterocycles. The van der Waals surface area contributed by atoms with Crippen LogP contribution in [0.1, 0.15) is 11.1 Å². The summed E-state index contributed by atoms with van der Waals surface area (Å²) >= 11 is 5.74. The van der Waals surface area contributed by atoms with E-state index in [0.29, 0.717) is 11.1 Å². The van der Waals surface area contributed by atoms with Crippen LogP contribution >= 0.6 is 11.6 Å². The number of benzene rings is 2. The molecule has 5 heteroatoms. The zero-order valence-corrected chi connectivity index (χ0v) is 11.9. The van der Waals surface area contributed by atoms with E-state index in [1.54, 1.807) is 0 Å². The van der Waals surface area contributed by atoms with Crippen molar-refractivity contribution in [3.05, 3.63) is 71.8 Å². The van der Waals surface area contributed by atoms with Gasteiger partial charge in [-0.05, 0) is 11.1 Å². The molecule has 0 atom stereocenters. The van der Waals surface area contributed by atoms with Gasteiger partial charge in [0.2, 0.25) is 0 Å². The maximum absolute atomic E-state index is 12.8. The van der Waals surface area contributed by atoms with Crippen molar-refractivity contribution < 1.29 is 9.59 Å². The molecule has 1 aliphatic heterocycles. The zero-order chi connectivity index (χ0) is 14.9. The van der Waals surface area contributed by atoms with Gasteiger partial charge in [0, 0.05) is 0 Å². The van der Waals surface area contributed by atoms with Crippen molar-refractivity contribution in [3.63, 3.8) is 0 Å². The van der Waals surface area contributed by atoms with Crippen molar-refractivity contribution in [2.45, 2.75) is 5.54 Å². The first kappa shape index (κ1) is 13.6. The monoisotopic (exact) mass is 300 g/mol. The predicted octanol–water partition coefficient (Wildman–Crippen LogP) is 2.68. The van der Waals surface area contributed by atoms with E-state index < -0.39 is 11.6 Å². The molecule has 0 saturated carbocycles. The number of amides is 3. The molecule has 0 aromatic heterocycles. The third-order valence-corrected chi connectivity index (χ3v) is 3.88. The summed E-state index contributed by atoms with van der Waals surface area (Å²) in [5.74, 6) is -0.361. The van der Waals surface area contributed by atoms with Gasteiger partial charge in [0.25, 0.3) is 5.91 Å². The molecule has 21 heavy (non-hydrogen) atoms. The molecule has 106 valence electrons. The Hall–Kier alpha value is -2.33. The van der Waals surface area contributed by atoms with Gasteiger partial charge in [-0.1, -0.05) is 60.7 Å². The van der Waals surface area contributed by atoms with Gasteiger partial charge in [-0.25, -0.2) is 9.69 Å². The number of imide groups is 1. The van der Waals surface area contributed by atoms with E-state index in [1.165, 1.54) is 0 Å². The van der Waals surface area contributed by atoms with E-state index >= 15 is 0 Å². The second-order valence-corrected chi connectivity index (χ2v) is 5.00. The molecule has 3 amide bonds. The summed E-state index contributed by atoms with van der Waals surface area (Å²) in [6.45, 7) is 0. The molecule has 0 radical (unpaired) electrons. The van der Waals surface area contributed by atoms with E-state index in [1.807, 2.05) is 60.7 Å². The van der Waals surface area contributed by atoms with E-state index in [4.69, 9.17) is 11.6 Å². The number of rotatable bonds is 3. The summed E-state index contributed by atoms with van der Waals surface area (Å²) in [5.41, 5.74) is 0.207. The second-order valence-electron chi connectivity index (χ2n) is 4.76. The van der Waals surface area contributed by atoms with Crippen molar-refractivity contribution in [1.82, 2.24) is 10.2 Å². The summed E-state index contributed by atoms with van der Waals surface area (Å²) in [7, 11) is 0. The normalized spacial score (nSPS) is 16.9. The van der Waals surface area contributed by atoms with Gasteiger partial charge in [0.1, 0.15) is 6.00 Å². The molecule has 1 fully saturated rings. The van der Waals surface area contributed by atoms with Crippen LogP contribution in [-0.2, 0) is 10.3 Å². The molecule has 2 aromatic rings. The van der Waals surface area contributed by atoms with Crippen molar-refractivity contribution >= 4 is 23.5 Å². The summed E-state index contributed by atoms with van der Waals surface area (Å²) in [4.78, 5) is 25.9. The van der Waals surface area contributed by atoms with E-state index in [2.05, 4.69) is 5.32 Å². The quantitative estimate of drug-likeness (QED) is 0.538. The van der Waals surface area contributed by atoms with Crippen LogP contribution in [0.4, 0.5) is 4.79 Å². The van der Waals surface area contributed by atoms with Crippen LogP contribution in [0.2, 0.25) is 0 Å². The number of nitrogens with zero attached hydrogens (tertiary/aromatic N) is 1. The lowest BCUT2D eigenvalue weighted by molar-refractivity contribution is -0.129. The van der Waals surface area contributed by atoms with Crippen LogP contribution in [0, 0.1) is 0 Å². The minimum absolute atomic E-state index is 0.175. The van der Waals surface area contributed by atoms with Gasteiger partial charge in [-0.15, -0.1) is 11.6 Å². The Balaban J connectivity index is 2.23. The minimum atomic E-state index is -1.21. The van der Waals surface area contributed by atoms with Gasteiger partial charge in [0.05, 0.1) is 0 Å². The van der Waals surface area contributed by atoms with Gasteiger partial charge >= 0.3 is 6.03 Å². The largest absolute Gasteiger partial charge is 0.326 e. The molecular formula is C16H13ClN2O2. The lowest BCUT2D eigenvalue weighted by Crippen LogP contribution is -2.45. The molecule has 0 bridgehead atoms. The van der Waals surface area contributed by atoms with Crippen LogP contribution < -0.4 is 5.32 Å². The van der Waals surface area contributed by atoms with Crippen molar-refractivity contribution in [1.29, 1.82) is 0 Å². The number of halogens is 1. The Labute approximate surface area is 127 Å². The van der Waals surface area contributed by atoms with Gasteiger partial charge in [0.15, 0.2) is 5.54 Å². The Morgan fingerprint density at radius 2 is 1.38 bits per heavy atom. The standard InChI is InChI=1S/C16H13ClN2O2/c17-11-19-14(20)16(18-15(19)21,12-7-3-1-4-8-12)13-9-5-2-6-10-13/h1-10H,11H2,(H,18,21). The summed E-state index contributed by atoms with van der Waals surface area (Å²) in [5, 5.41) is 2.80. The van der Waals surface area contributed by atoms with E-state index in [9.17, 15) is 9.59 Å². The Kier molecular flexibility index (Phi) is 3.39. The highest BCUT2D eigenvalue weighted by molar-refractivity contribution is 6.22. The molecule has 0 spiro atoms. The maximum atomic E-state index is 12.8. The first-order valence-electron chi connectivity index (χ1n) is 6.51. The third kappa shape index (κ3) is 1.99. The molecular weight excluding hydrogens is 288 g/mol. The lowest BCUT2D eigenvalue weighted by atomic mass is 9.83. The average Bonchev–Trinajstić information content (AvgIpc) is 2.80. The number of alkyl halides is 1. The van der Waals surface area contributed by atoms with Crippen LogP contribution in [-0.4, -0.2) is 22.8 Å². The number of carbonyl (C=O) groups excluding carboxylic acids is 2. The van der Waals surface area contributed by atoms with Crippen LogP contribution in [0.5, 0.6) is 0 Å². The number of hydrogen-bond donors (Lipinski definition) is 1. The first-order chi connectivity index (χ1) is 10.2.